The van der Waals surface area contributed by atoms with Gasteiger partial charge in [-0.25, -0.2) is 0 Å². The van der Waals surface area contributed by atoms with Gasteiger partial charge in [0.05, 0.1) is 11.7 Å². The van der Waals surface area contributed by atoms with Gasteiger partial charge >= 0.3 is 0 Å². The number of nitrogens with one attached hydrogen (secondary N) is 1. The van der Waals surface area contributed by atoms with Crippen LogP contribution in [0.25, 0.3) is 0 Å². The van der Waals surface area contributed by atoms with Crippen molar-refractivity contribution in [3.8, 4) is 0 Å². The number of hydrogen-bond acceptors (Lipinski definition) is 3. The monoisotopic (exact) mass is 254 g/mol. The van der Waals surface area contributed by atoms with E-state index in [1.165, 1.54) is 6.92 Å². The fourth-order valence-corrected chi connectivity index (χ4v) is 1.25. The van der Waals surface area contributed by atoms with E-state index in [0.717, 1.165) is 5.69 Å². The quantitative estimate of drug-likeness (QED) is 0.868. The number of aliphatic hydroxyl groups excluding tert-OH is 1. The van der Waals surface area contributed by atoms with Crippen molar-refractivity contribution < 1.29 is 9.90 Å². The van der Waals surface area contributed by atoms with Crippen molar-refractivity contribution in [1.29, 1.82) is 0 Å². The van der Waals surface area contributed by atoms with E-state index < -0.39 is 0 Å². The Kier molecular flexibility index (Phi) is 14.4. The number of amides is 1. The minimum atomic E-state index is -0.196. The summed E-state index contributed by atoms with van der Waals surface area (Å²) in [6.07, 6.45) is 2.15. The van der Waals surface area contributed by atoms with Gasteiger partial charge in [0.1, 0.15) is 0 Å². The SMILES string of the molecule is CC.CC.CC(=O)N[C@@H](CCO)c1ccccn1. The molecule has 0 saturated heterocycles. The molecule has 1 heterocycles. The van der Waals surface area contributed by atoms with Gasteiger partial charge in [-0.3, -0.25) is 9.78 Å². The van der Waals surface area contributed by atoms with Crippen LogP contribution in [0.3, 0.4) is 0 Å². The zero-order chi connectivity index (χ0) is 14.4. The summed E-state index contributed by atoms with van der Waals surface area (Å²) in [5.41, 5.74) is 0.775. The Bertz CT molecular complexity index is 289. The van der Waals surface area contributed by atoms with Crippen molar-refractivity contribution in [2.45, 2.75) is 47.1 Å². The van der Waals surface area contributed by atoms with Gasteiger partial charge in [-0.15, -0.1) is 0 Å². The van der Waals surface area contributed by atoms with Crippen LogP contribution >= 0.6 is 0 Å². The predicted octanol–water partition coefficient (Wildman–Crippen LogP) is 2.69. The van der Waals surface area contributed by atoms with Gasteiger partial charge in [0.15, 0.2) is 0 Å². The second kappa shape index (κ2) is 13.6. The molecular weight excluding hydrogens is 228 g/mol. The third-order valence-corrected chi connectivity index (χ3v) is 1.84. The summed E-state index contributed by atoms with van der Waals surface area (Å²) in [6, 6.07) is 5.30. The molecule has 1 aromatic heterocycles. The molecule has 0 fully saturated rings. The predicted molar refractivity (Wildman–Crippen MR) is 75.2 cm³/mol. The molecule has 0 aromatic carbocycles. The number of aromatic nitrogens is 1. The molecule has 1 aromatic rings. The first-order chi connectivity index (χ1) is 8.74. The Morgan fingerprint density at radius 2 is 1.94 bits per heavy atom. The average molecular weight is 254 g/mol. The maximum absolute atomic E-state index is 10.9. The van der Waals surface area contributed by atoms with Crippen molar-refractivity contribution in [2.75, 3.05) is 6.61 Å². The van der Waals surface area contributed by atoms with E-state index >= 15 is 0 Å². The third-order valence-electron chi connectivity index (χ3n) is 1.84. The number of pyridine rings is 1. The molecule has 0 aliphatic carbocycles. The van der Waals surface area contributed by atoms with Crippen LogP contribution < -0.4 is 5.32 Å². The van der Waals surface area contributed by atoms with Crippen LogP contribution in [0.2, 0.25) is 0 Å². The van der Waals surface area contributed by atoms with E-state index in [-0.39, 0.29) is 18.6 Å². The molecule has 0 spiro atoms. The van der Waals surface area contributed by atoms with E-state index in [2.05, 4.69) is 10.3 Å². The molecule has 0 aliphatic heterocycles. The highest BCUT2D eigenvalue weighted by Gasteiger charge is 2.12. The van der Waals surface area contributed by atoms with Gasteiger partial charge in [0.25, 0.3) is 0 Å². The summed E-state index contributed by atoms with van der Waals surface area (Å²) in [7, 11) is 0. The molecule has 1 amide bonds. The van der Waals surface area contributed by atoms with Gasteiger partial charge in [-0.05, 0) is 18.6 Å². The number of nitrogens with zero attached hydrogens (tertiary/aromatic N) is 1. The van der Waals surface area contributed by atoms with Gasteiger partial charge in [-0.2, -0.15) is 0 Å². The number of aliphatic hydroxyl groups is 1. The van der Waals surface area contributed by atoms with Crippen molar-refractivity contribution >= 4 is 5.91 Å². The molecule has 0 bridgehead atoms. The Morgan fingerprint density at radius 3 is 2.33 bits per heavy atom. The zero-order valence-corrected chi connectivity index (χ0v) is 12.1. The molecule has 18 heavy (non-hydrogen) atoms. The Balaban J connectivity index is 0. The minimum absolute atomic E-state index is 0.0293. The number of carbonyl (C=O) groups excluding carboxylic acids is 1. The maximum Gasteiger partial charge on any atom is 0.217 e. The molecule has 2 N–H and O–H groups in total. The standard InChI is InChI=1S/C10H14N2O2.2C2H6/c1-8(14)12-10(5-7-13)9-4-2-3-6-11-9;2*1-2/h2-4,6,10,13H,5,7H2,1H3,(H,12,14);2*1-2H3/t10-;;/m0../s1. The summed E-state index contributed by atoms with van der Waals surface area (Å²) in [4.78, 5) is 15.0. The van der Waals surface area contributed by atoms with Crippen LogP contribution in [0.1, 0.15) is 52.8 Å². The highest BCUT2D eigenvalue weighted by molar-refractivity contribution is 5.73. The van der Waals surface area contributed by atoms with Crippen LogP contribution in [0, 0.1) is 0 Å². The van der Waals surface area contributed by atoms with E-state index in [9.17, 15) is 4.79 Å². The van der Waals surface area contributed by atoms with Crippen LogP contribution in [0.15, 0.2) is 24.4 Å². The first-order valence-electron chi connectivity index (χ1n) is 6.53. The summed E-state index contributed by atoms with van der Waals surface area (Å²) >= 11 is 0. The van der Waals surface area contributed by atoms with E-state index in [4.69, 9.17) is 5.11 Å². The lowest BCUT2D eigenvalue weighted by molar-refractivity contribution is -0.119. The van der Waals surface area contributed by atoms with Crippen LogP contribution in [-0.2, 0) is 4.79 Å². The molecule has 0 radical (unpaired) electrons. The lowest BCUT2D eigenvalue weighted by Crippen LogP contribution is -2.27. The van der Waals surface area contributed by atoms with Crippen LogP contribution in [-0.4, -0.2) is 22.6 Å². The Morgan fingerprint density at radius 1 is 1.33 bits per heavy atom. The fraction of sp³-hybridized carbons (Fsp3) is 0.571. The van der Waals surface area contributed by atoms with Crippen molar-refractivity contribution in [1.82, 2.24) is 10.3 Å². The van der Waals surface area contributed by atoms with Gasteiger partial charge in [-0.1, -0.05) is 33.8 Å². The average Bonchev–Trinajstić information content (AvgIpc) is 2.43. The molecule has 4 nitrogen and oxygen atoms in total. The van der Waals surface area contributed by atoms with E-state index in [1.807, 2.05) is 45.9 Å². The maximum atomic E-state index is 10.9. The second-order valence-electron chi connectivity index (χ2n) is 3.02. The topological polar surface area (TPSA) is 62.2 Å². The summed E-state index contributed by atoms with van der Waals surface area (Å²) in [5.74, 6) is -0.117. The van der Waals surface area contributed by atoms with Gasteiger partial charge in [0, 0.05) is 19.7 Å². The lowest BCUT2D eigenvalue weighted by Gasteiger charge is -2.15. The molecule has 4 heteroatoms. The second-order valence-corrected chi connectivity index (χ2v) is 3.02. The highest BCUT2D eigenvalue weighted by atomic mass is 16.3. The lowest BCUT2D eigenvalue weighted by atomic mass is 10.1. The highest BCUT2D eigenvalue weighted by Crippen LogP contribution is 2.12. The first-order valence-corrected chi connectivity index (χ1v) is 6.53. The van der Waals surface area contributed by atoms with Crippen molar-refractivity contribution in [2.24, 2.45) is 0 Å². The Labute approximate surface area is 110 Å². The molecule has 104 valence electrons. The fourth-order valence-electron chi connectivity index (χ4n) is 1.25. The smallest absolute Gasteiger partial charge is 0.217 e. The third kappa shape index (κ3) is 8.70. The molecule has 0 aliphatic rings. The molecule has 1 atom stereocenters. The van der Waals surface area contributed by atoms with Gasteiger partial charge < -0.3 is 10.4 Å². The molecule has 0 saturated carbocycles. The number of carbonyl (C=O) groups is 1. The van der Waals surface area contributed by atoms with E-state index in [1.54, 1.807) is 6.20 Å². The number of rotatable bonds is 4. The molecule has 1 rings (SSSR count). The van der Waals surface area contributed by atoms with Crippen molar-refractivity contribution in [3.05, 3.63) is 30.1 Å². The number of hydrogen-bond donors (Lipinski definition) is 2. The summed E-state index contributed by atoms with van der Waals surface area (Å²) < 4.78 is 0. The largest absolute Gasteiger partial charge is 0.396 e. The van der Waals surface area contributed by atoms with Gasteiger partial charge in [0.2, 0.25) is 5.91 Å². The summed E-state index contributed by atoms with van der Waals surface area (Å²) in [6.45, 7) is 9.48. The minimum Gasteiger partial charge on any atom is -0.396 e. The zero-order valence-electron chi connectivity index (χ0n) is 12.1. The van der Waals surface area contributed by atoms with Crippen LogP contribution in [0.5, 0.6) is 0 Å². The van der Waals surface area contributed by atoms with E-state index in [0.29, 0.717) is 6.42 Å². The first kappa shape index (κ1) is 18.9. The van der Waals surface area contributed by atoms with Crippen LogP contribution in [0.4, 0.5) is 0 Å². The molecule has 0 unspecified atom stereocenters. The molecular formula is C14H26N2O2. The van der Waals surface area contributed by atoms with Crippen molar-refractivity contribution in [3.63, 3.8) is 0 Å². The normalized spacial score (nSPS) is 10.1. The Hall–Kier alpha value is -1.42. The summed E-state index contributed by atoms with van der Waals surface area (Å²) in [5, 5.41) is 11.6.